The molecular weight excluding hydrogens is 264 g/mol. The minimum absolute atomic E-state index is 0.382. The summed E-state index contributed by atoms with van der Waals surface area (Å²) in [5, 5.41) is 3.12. The van der Waals surface area contributed by atoms with Gasteiger partial charge in [0.05, 0.1) is 0 Å². The van der Waals surface area contributed by atoms with Crippen molar-refractivity contribution in [3.05, 3.63) is 59.7 Å². The fraction of sp³-hybridized carbons (Fsp3) is 0.200. The van der Waals surface area contributed by atoms with Gasteiger partial charge in [0.2, 0.25) is 0 Å². The summed E-state index contributed by atoms with van der Waals surface area (Å²) in [6.07, 6.45) is 0. The largest absolute Gasteiger partial charge is 0.384 e. The summed E-state index contributed by atoms with van der Waals surface area (Å²) in [4.78, 5) is 1.31. The molecule has 19 heavy (non-hydrogen) atoms. The van der Waals surface area contributed by atoms with Crippen LogP contribution in [0.2, 0.25) is 0 Å². The molecule has 0 aliphatic carbocycles. The van der Waals surface area contributed by atoms with Crippen LogP contribution in [0.15, 0.2) is 47.4 Å². The maximum absolute atomic E-state index is 13.1. The third-order valence-corrected chi connectivity index (χ3v) is 4.47. The summed E-state index contributed by atoms with van der Waals surface area (Å²) in [5.41, 5.74) is 1.81. The van der Waals surface area contributed by atoms with Crippen molar-refractivity contribution in [2.24, 2.45) is 0 Å². The molecule has 1 unspecified atom stereocenters. The average molecular weight is 277 g/mol. The van der Waals surface area contributed by atoms with Crippen LogP contribution in [0.3, 0.4) is 0 Å². The minimum Gasteiger partial charge on any atom is -0.384 e. The summed E-state index contributed by atoms with van der Waals surface area (Å²) >= 11 is 1.83. The van der Waals surface area contributed by atoms with E-state index in [2.05, 4.69) is 17.4 Å². The van der Waals surface area contributed by atoms with Crippen LogP contribution in [0.5, 0.6) is 0 Å². The van der Waals surface area contributed by atoms with Gasteiger partial charge in [0.25, 0.3) is 0 Å². The van der Waals surface area contributed by atoms with Gasteiger partial charge in [-0.3, -0.25) is 0 Å². The van der Waals surface area contributed by atoms with Crippen molar-refractivity contribution in [2.45, 2.75) is 10.8 Å². The van der Waals surface area contributed by atoms with Crippen LogP contribution in [0.25, 0.3) is 0 Å². The number of anilines is 1. The van der Waals surface area contributed by atoms with E-state index in [0.717, 1.165) is 11.8 Å². The molecule has 2 aromatic rings. The van der Waals surface area contributed by atoms with E-state index in [4.69, 9.17) is 0 Å². The quantitative estimate of drug-likeness (QED) is 0.899. The summed E-state index contributed by atoms with van der Waals surface area (Å²) < 4.78 is 26.2. The number of thioether (sulfide) groups is 1. The lowest BCUT2D eigenvalue weighted by Crippen LogP contribution is -2.12. The zero-order chi connectivity index (χ0) is 13.2. The Hall–Kier alpha value is -1.55. The predicted molar refractivity (Wildman–Crippen MR) is 74.8 cm³/mol. The fourth-order valence-electron chi connectivity index (χ4n) is 2.30. The Morgan fingerprint density at radius 2 is 1.84 bits per heavy atom. The third-order valence-electron chi connectivity index (χ3n) is 3.21. The van der Waals surface area contributed by atoms with Crippen molar-refractivity contribution < 1.29 is 8.78 Å². The SMILES string of the molecule is Fc1cc(F)cc(NCC2CSc3ccccc32)c1. The van der Waals surface area contributed by atoms with Gasteiger partial charge in [-0.2, -0.15) is 0 Å². The molecule has 1 atom stereocenters. The van der Waals surface area contributed by atoms with Crippen LogP contribution in [0.1, 0.15) is 11.5 Å². The van der Waals surface area contributed by atoms with E-state index in [1.54, 1.807) is 0 Å². The predicted octanol–water partition coefficient (Wildman–Crippen LogP) is 4.27. The van der Waals surface area contributed by atoms with Crippen LogP contribution in [-0.2, 0) is 0 Å². The van der Waals surface area contributed by atoms with Gasteiger partial charge >= 0.3 is 0 Å². The summed E-state index contributed by atoms with van der Waals surface area (Å²) in [6.45, 7) is 0.687. The molecule has 0 radical (unpaired) electrons. The molecule has 0 fully saturated rings. The molecule has 3 rings (SSSR count). The van der Waals surface area contributed by atoms with Gasteiger partial charge in [-0.25, -0.2) is 8.78 Å². The van der Waals surface area contributed by atoms with Crippen LogP contribution in [-0.4, -0.2) is 12.3 Å². The van der Waals surface area contributed by atoms with E-state index < -0.39 is 11.6 Å². The van der Waals surface area contributed by atoms with Crippen molar-refractivity contribution >= 4 is 17.4 Å². The maximum Gasteiger partial charge on any atom is 0.128 e. The van der Waals surface area contributed by atoms with E-state index in [1.165, 1.54) is 22.6 Å². The Morgan fingerprint density at radius 1 is 1.11 bits per heavy atom. The Balaban J connectivity index is 1.70. The van der Waals surface area contributed by atoms with Gasteiger partial charge in [-0.15, -0.1) is 11.8 Å². The molecule has 4 heteroatoms. The Morgan fingerprint density at radius 3 is 2.63 bits per heavy atom. The van der Waals surface area contributed by atoms with Crippen molar-refractivity contribution in [1.82, 2.24) is 0 Å². The molecule has 0 saturated carbocycles. The Kier molecular flexibility index (Phi) is 3.42. The first kappa shape index (κ1) is 12.5. The number of benzene rings is 2. The molecule has 0 saturated heterocycles. The molecule has 98 valence electrons. The van der Waals surface area contributed by atoms with E-state index in [9.17, 15) is 8.78 Å². The third kappa shape index (κ3) is 2.73. The second-order valence-corrected chi connectivity index (χ2v) is 5.65. The summed E-state index contributed by atoms with van der Waals surface area (Å²) in [6, 6.07) is 11.8. The first-order chi connectivity index (χ1) is 9.22. The highest BCUT2D eigenvalue weighted by atomic mass is 32.2. The van der Waals surface area contributed by atoms with Crippen LogP contribution < -0.4 is 5.32 Å². The normalized spacial score (nSPS) is 17.3. The molecule has 1 N–H and O–H groups in total. The number of rotatable bonds is 3. The molecule has 0 amide bonds. The van der Waals surface area contributed by atoms with E-state index >= 15 is 0 Å². The molecule has 1 nitrogen and oxygen atoms in total. The van der Waals surface area contributed by atoms with Gasteiger partial charge in [-0.05, 0) is 23.8 Å². The Labute approximate surface area is 115 Å². The number of hydrogen-bond donors (Lipinski definition) is 1. The molecule has 0 aromatic heterocycles. The van der Waals surface area contributed by atoms with Gasteiger partial charge < -0.3 is 5.32 Å². The summed E-state index contributed by atoms with van der Waals surface area (Å²) in [5.74, 6) is 0.282. The zero-order valence-electron chi connectivity index (χ0n) is 10.2. The number of halogens is 2. The van der Waals surface area contributed by atoms with Gasteiger partial charge in [0, 0.05) is 34.9 Å². The van der Waals surface area contributed by atoms with Crippen molar-refractivity contribution in [1.29, 1.82) is 0 Å². The number of nitrogens with one attached hydrogen (secondary N) is 1. The van der Waals surface area contributed by atoms with Gasteiger partial charge in [0.15, 0.2) is 0 Å². The lowest BCUT2D eigenvalue weighted by atomic mass is 10.0. The Bertz CT molecular complexity index is 580. The zero-order valence-corrected chi connectivity index (χ0v) is 11.0. The highest BCUT2D eigenvalue weighted by Crippen LogP contribution is 2.39. The van der Waals surface area contributed by atoms with Gasteiger partial charge in [0.1, 0.15) is 11.6 Å². The average Bonchev–Trinajstić information content (AvgIpc) is 2.78. The standard InChI is InChI=1S/C15H13F2NS/c16-11-5-12(17)7-13(6-11)18-8-10-9-19-15-4-2-1-3-14(10)15/h1-7,10,18H,8-9H2. The maximum atomic E-state index is 13.1. The molecule has 1 aliphatic rings. The molecule has 1 heterocycles. The van der Waals surface area contributed by atoms with E-state index in [1.807, 2.05) is 23.9 Å². The van der Waals surface area contributed by atoms with E-state index in [0.29, 0.717) is 18.2 Å². The highest BCUT2D eigenvalue weighted by molar-refractivity contribution is 7.99. The lowest BCUT2D eigenvalue weighted by molar-refractivity contribution is 0.584. The molecule has 0 bridgehead atoms. The lowest BCUT2D eigenvalue weighted by Gasteiger charge is -2.13. The molecule has 0 spiro atoms. The van der Waals surface area contributed by atoms with Crippen molar-refractivity contribution in [2.75, 3.05) is 17.6 Å². The first-order valence-electron chi connectivity index (χ1n) is 6.14. The molecule has 1 aliphatic heterocycles. The monoisotopic (exact) mass is 277 g/mol. The molecular formula is C15H13F2NS. The smallest absolute Gasteiger partial charge is 0.128 e. The van der Waals surface area contributed by atoms with E-state index in [-0.39, 0.29) is 0 Å². The van der Waals surface area contributed by atoms with Crippen LogP contribution >= 0.6 is 11.8 Å². The van der Waals surface area contributed by atoms with Crippen LogP contribution in [0.4, 0.5) is 14.5 Å². The second kappa shape index (κ2) is 5.21. The number of hydrogen-bond acceptors (Lipinski definition) is 2. The molecule has 2 aromatic carbocycles. The summed E-state index contributed by atoms with van der Waals surface area (Å²) in [7, 11) is 0. The second-order valence-electron chi connectivity index (χ2n) is 4.58. The first-order valence-corrected chi connectivity index (χ1v) is 7.12. The van der Waals surface area contributed by atoms with Crippen molar-refractivity contribution in [3.8, 4) is 0 Å². The minimum atomic E-state index is -0.552. The number of fused-ring (bicyclic) bond motifs is 1. The van der Waals surface area contributed by atoms with Crippen LogP contribution in [0, 0.1) is 11.6 Å². The highest BCUT2D eigenvalue weighted by Gasteiger charge is 2.22. The fourth-order valence-corrected chi connectivity index (χ4v) is 3.55. The topological polar surface area (TPSA) is 12.0 Å². The van der Waals surface area contributed by atoms with Crippen molar-refractivity contribution in [3.63, 3.8) is 0 Å². The van der Waals surface area contributed by atoms with Gasteiger partial charge in [-0.1, -0.05) is 18.2 Å².